The molecule has 0 unspecified atom stereocenters. The predicted molar refractivity (Wildman–Crippen MR) is 62.3 cm³/mol. The molecule has 0 aromatic heterocycles. The van der Waals surface area contributed by atoms with Gasteiger partial charge in [0, 0.05) is 12.1 Å². The molecule has 0 saturated heterocycles. The highest BCUT2D eigenvalue weighted by Crippen LogP contribution is 2.30. The number of rotatable bonds is 3. The van der Waals surface area contributed by atoms with Crippen molar-refractivity contribution in [2.75, 3.05) is 12.8 Å². The lowest BCUT2D eigenvalue weighted by molar-refractivity contribution is -0.383. The summed E-state index contributed by atoms with van der Waals surface area (Å²) in [5, 5.41) is 17.8. The van der Waals surface area contributed by atoms with Crippen molar-refractivity contribution in [2.24, 2.45) is 5.73 Å². The van der Waals surface area contributed by atoms with Crippen LogP contribution in [0.15, 0.2) is 12.1 Å². The molecule has 1 rings (SSSR count). The van der Waals surface area contributed by atoms with Crippen molar-refractivity contribution in [3.05, 3.63) is 27.8 Å². The highest BCUT2D eigenvalue weighted by atomic mass is 35.5. The monoisotopic (exact) mass is 246 g/mol. The first kappa shape index (κ1) is 14.0. The van der Waals surface area contributed by atoms with E-state index in [2.05, 4.69) is 0 Å². The van der Waals surface area contributed by atoms with Crippen LogP contribution in [0.5, 0.6) is 5.75 Å². The maximum absolute atomic E-state index is 10.6. The molecule has 0 saturated carbocycles. The number of nitrogens with one attached hydrogen (secondary N) is 1. The molecule has 0 amide bonds. The van der Waals surface area contributed by atoms with Crippen LogP contribution in [-0.4, -0.2) is 17.9 Å². The standard InChI is InChI=1S/C8H10N4O3.ClH/c1-15-7-3-5(9)6(12(13)14)2-4(7)8(10)11;/h2-3H,9H2,1H3,(H3,10,11);1H. The second-order valence-corrected chi connectivity index (χ2v) is 2.78. The van der Waals surface area contributed by atoms with Gasteiger partial charge in [-0.3, -0.25) is 15.5 Å². The number of nitrogen functional groups attached to an aromatic ring is 2. The first-order valence-electron chi connectivity index (χ1n) is 3.93. The van der Waals surface area contributed by atoms with Crippen molar-refractivity contribution in [1.29, 1.82) is 5.41 Å². The highest BCUT2D eigenvalue weighted by molar-refractivity contribution is 5.99. The Labute approximate surface area is 97.4 Å². The smallest absolute Gasteiger partial charge is 0.293 e. The van der Waals surface area contributed by atoms with Gasteiger partial charge in [-0.2, -0.15) is 0 Å². The molecular weight excluding hydrogens is 236 g/mol. The van der Waals surface area contributed by atoms with Gasteiger partial charge in [0.2, 0.25) is 0 Å². The zero-order valence-corrected chi connectivity index (χ0v) is 9.21. The lowest BCUT2D eigenvalue weighted by atomic mass is 10.1. The van der Waals surface area contributed by atoms with Gasteiger partial charge in [-0.15, -0.1) is 12.4 Å². The topological polar surface area (TPSA) is 128 Å². The zero-order valence-electron chi connectivity index (χ0n) is 8.39. The Bertz CT molecular complexity index is 436. The average Bonchev–Trinajstić information content (AvgIpc) is 2.16. The molecule has 0 fully saturated rings. The molecule has 0 aliphatic rings. The number of nitrogens with zero attached hydrogens (tertiary/aromatic N) is 1. The third-order valence-electron chi connectivity index (χ3n) is 1.84. The van der Waals surface area contributed by atoms with Crippen LogP contribution < -0.4 is 16.2 Å². The Hall–Kier alpha value is -2.02. The minimum absolute atomic E-state index is 0. The fraction of sp³-hybridized carbons (Fsp3) is 0.125. The number of halogens is 1. The number of benzene rings is 1. The fourth-order valence-corrected chi connectivity index (χ4v) is 1.12. The number of hydrogen-bond donors (Lipinski definition) is 3. The number of hydrogen-bond acceptors (Lipinski definition) is 5. The number of amidine groups is 1. The van der Waals surface area contributed by atoms with Crippen LogP contribution in [0, 0.1) is 15.5 Å². The van der Waals surface area contributed by atoms with Gasteiger partial charge in [-0.1, -0.05) is 0 Å². The molecule has 1 aromatic rings. The van der Waals surface area contributed by atoms with E-state index in [9.17, 15) is 10.1 Å². The van der Waals surface area contributed by atoms with Gasteiger partial charge in [0.15, 0.2) is 0 Å². The number of methoxy groups -OCH3 is 1. The lowest BCUT2D eigenvalue weighted by Crippen LogP contribution is -2.13. The Morgan fingerprint density at radius 1 is 1.56 bits per heavy atom. The molecule has 0 spiro atoms. The molecule has 5 N–H and O–H groups in total. The lowest BCUT2D eigenvalue weighted by Gasteiger charge is -2.07. The van der Waals surface area contributed by atoms with E-state index in [1.54, 1.807) is 0 Å². The van der Waals surface area contributed by atoms with E-state index in [0.29, 0.717) is 0 Å². The normalized spacial score (nSPS) is 9.06. The summed E-state index contributed by atoms with van der Waals surface area (Å²) < 4.78 is 4.90. The summed E-state index contributed by atoms with van der Waals surface area (Å²) in [5.74, 6) is -0.0689. The molecular formula is C8H11ClN4O3. The molecule has 0 heterocycles. The van der Waals surface area contributed by atoms with Gasteiger partial charge in [-0.25, -0.2) is 0 Å². The van der Waals surface area contributed by atoms with E-state index in [1.165, 1.54) is 13.2 Å². The van der Waals surface area contributed by atoms with E-state index in [-0.39, 0.29) is 40.9 Å². The van der Waals surface area contributed by atoms with Gasteiger partial charge >= 0.3 is 0 Å². The summed E-state index contributed by atoms with van der Waals surface area (Å²) in [4.78, 5) is 9.93. The molecule has 16 heavy (non-hydrogen) atoms. The van der Waals surface area contributed by atoms with Gasteiger partial charge in [0.1, 0.15) is 17.3 Å². The van der Waals surface area contributed by atoms with E-state index in [0.717, 1.165) is 6.07 Å². The number of anilines is 1. The van der Waals surface area contributed by atoms with E-state index in [1.807, 2.05) is 0 Å². The molecule has 0 atom stereocenters. The minimum atomic E-state index is -0.638. The van der Waals surface area contributed by atoms with Crippen LogP contribution in [0.3, 0.4) is 0 Å². The van der Waals surface area contributed by atoms with Crippen LogP contribution in [0.2, 0.25) is 0 Å². The average molecular weight is 247 g/mol. The number of nitrogens with two attached hydrogens (primary N) is 2. The van der Waals surface area contributed by atoms with Crippen molar-refractivity contribution in [2.45, 2.75) is 0 Å². The Morgan fingerprint density at radius 2 is 2.12 bits per heavy atom. The largest absolute Gasteiger partial charge is 0.496 e. The van der Waals surface area contributed by atoms with E-state index >= 15 is 0 Å². The van der Waals surface area contributed by atoms with Crippen molar-refractivity contribution >= 4 is 29.6 Å². The maximum atomic E-state index is 10.6. The summed E-state index contributed by atoms with van der Waals surface area (Å²) in [6.07, 6.45) is 0. The van der Waals surface area contributed by atoms with E-state index < -0.39 is 4.92 Å². The quantitative estimate of drug-likeness (QED) is 0.240. The summed E-state index contributed by atoms with van der Waals surface area (Å²) in [6, 6.07) is 2.39. The SMILES string of the molecule is COc1cc(N)c([N+](=O)[O-])cc1C(=N)N.Cl. The molecule has 1 aromatic carbocycles. The van der Waals surface area contributed by atoms with Crippen LogP contribution in [0.25, 0.3) is 0 Å². The summed E-state index contributed by atoms with van der Waals surface area (Å²) in [6.45, 7) is 0. The maximum Gasteiger partial charge on any atom is 0.293 e. The van der Waals surface area contributed by atoms with Gasteiger partial charge in [0.25, 0.3) is 5.69 Å². The minimum Gasteiger partial charge on any atom is -0.496 e. The molecule has 0 aliphatic carbocycles. The van der Waals surface area contributed by atoms with E-state index in [4.69, 9.17) is 21.6 Å². The van der Waals surface area contributed by atoms with Crippen LogP contribution in [0.4, 0.5) is 11.4 Å². The molecule has 0 aliphatic heterocycles. The third kappa shape index (κ3) is 2.51. The summed E-state index contributed by atoms with van der Waals surface area (Å²) in [5.41, 5.74) is 10.5. The predicted octanol–water partition coefficient (Wildman–Crippen LogP) is 0.891. The Kier molecular flexibility index (Phi) is 4.52. The van der Waals surface area contributed by atoms with Crippen LogP contribution >= 0.6 is 12.4 Å². The Balaban J connectivity index is 0.00000225. The molecule has 8 heteroatoms. The van der Waals surface area contributed by atoms with Crippen LogP contribution in [-0.2, 0) is 0 Å². The zero-order chi connectivity index (χ0) is 11.6. The van der Waals surface area contributed by atoms with Gasteiger partial charge in [0.05, 0.1) is 17.6 Å². The number of nitro groups is 1. The second-order valence-electron chi connectivity index (χ2n) is 2.78. The number of ether oxygens (including phenoxy) is 1. The molecule has 88 valence electrons. The molecule has 7 nitrogen and oxygen atoms in total. The highest BCUT2D eigenvalue weighted by Gasteiger charge is 2.17. The van der Waals surface area contributed by atoms with Crippen molar-refractivity contribution in [1.82, 2.24) is 0 Å². The summed E-state index contributed by atoms with van der Waals surface area (Å²) >= 11 is 0. The van der Waals surface area contributed by atoms with Gasteiger partial charge < -0.3 is 16.2 Å². The van der Waals surface area contributed by atoms with Crippen molar-refractivity contribution in [3.63, 3.8) is 0 Å². The molecule has 0 radical (unpaired) electrons. The van der Waals surface area contributed by atoms with Crippen molar-refractivity contribution in [3.8, 4) is 5.75 Å². The second kappa shape index (κ2) is 5.17. The molecule has 0 bridgehead atoms. The Morgan fingerprint density at radius 3 is 2.50 bits per heavy atom. The van der Waals surface area contributed by atoms with Crippen molar-refractivity contribution < 1.29 is 9.66 Å². The first-order chi connectivity index (χ1) is 6.97. The first-order valence-corrected chi connectivity index (χ1v) is 3.93. The fourth-order valence-electron chi connectivity index (χ4n) is 1.12. The van der Waals surface area contributed by atoms with Gasteiger partial charge in [-0.05, 0) is 0 Å². The summed E-state index contributed by atoms with van der Waals surface area (Å²) in [7, 11) is 1.37. The number of nitro benzene ring substituents is 1. The third-order valence-corrected chi connectivity index (χ3v) is 1.84. The van der Waals surface area contributed by atoms with Crippen LogP contribution in [0.1, 0.15) is 5.56 Å².